The fourth-order valence-electron chi connectivity index (χ4n) is 1.31. The number of benzene rings is 1. The molecule has 84 valence electrons. The molecule has 0 spiro atoms. The van der Waals surface area contributed by atoms with Crippen LogP contribution in [0.3, 0.4) is 0 Å². The zero-order valence-electron chi connectivity index (χ0n) is 8.63. The lowest BCUT2D eigenvalue weighted by Crippen LogP contribution is -2.00. The minimum atomic E-state index is 0.713. The van der Waals surface area contributed by atoms with Gasteiger partial charge in [-0.2, -0.15) is 0 Å². The van der Waals surface area contributed by atoms with Gasteiger partial charge in [-0.1, -0.05) is 11.6 Å². The molecule has 16 heavy (non-hydrogen) atoms. The van der Waals surface area contributed by atoms with Crippen molar-refractivity contribution >= 4 is 51.2 Å². The number of aromatic nitrogens is 1. The van der Waals surface area contributed by atoms with Gasteiger partial charge in [-0.05, 0) is 47.7 Å². The van der Waals surface area contributed by atoms with Crippen molar-refractivity contribution in [2.45, 2.75) is 13.5 Å². The Bertz CT molecular complexity index is 498. The van der Waals surface area contributed by atoms with Crippen molar-refractivity contribution in [3.05, 3.63) is 42.9 Å². The molecule has 2 aromatic rings. The van der Waals surface area contributed by atoms with Crippen LogP contribution in [0.15, 0.2) is 23.6 Å². The molecule has 0 amide bonds. The Kier molecular flexibility index (Phi) is 4.05. The lowest BCUT2D eigenvalue weighted by molar-refractivity contribution is 1.05. The first-order chi connectivity index (χ1) is 7.65. The molecule has 0 atom stereocenters. The molecule has 2 rings (SSSR count). The monoisotopic (exact) mass is 364 g/mol. The molecule has 0 aliphatic carbocycles. The van der Waals surface area contributed by atoms with Crippen LogP contribution in [-0.4, -0.2) is 4.98 Å². The van der Waals surface area contributed by atoms with Crippen molar-refractivity contribution < 1.29 is 0 Å². The van der Waals surface area contributed by atoms with E-state index >= 15 is 0 Å². The molecular weight excluding hydrogens is 355 g/mol. The van der Waals surface area contributed by atoms with E-state index < -0.39 is 0 Å². The van der Waals surface area contributed by atoms with Gasteiger partial charge in [-0.25, -0.2) is 4.98 Å². The van der Waals surface area contributed by atoms with Crippen molar-refractivity contribution in [1.82, 2.24) is 4.98 Å². The molecule has 1 aromatic carbocycles. The van der Waals surface area contributed by atoms with Crippen LogP contribution in [0.4, 0.5) is 5.69 Å². The molecule has 1 heterocycles. The molecule has 0 bridgehead atoms. The molecule has 5 heteroatoms. The van der Waals surface area contributed by atoms with E-state index in [-0.39, 0.29) is 0 Å². The second-order valence-corrected chi connectivity index (χ2v) is 6.05. The molecule has 0 aliphatic rings. The van der Waals surface area contributed by atoms with Gasteiger partial charge in [0.1, 0.15) is 0 Å². The lowest BCUT2D eigenvalue weighted by Gasteiger charge is -2.06. The van der Waals surface area contributed by atoms with Crippen molar-refractivity contribution in [3.63, 3.8) is 0 Å². The minimum absolute atomic E-state index is 0.713. The molecule has 0 saturated heterocycles. The van der Waals surface area contributed by atoms with Gasteiger partial charge in [0.25, 0.3) is 0 Å². The van der Waals surface area contributed by atoms with E-state index in [1.807, 2.05) is 25.1 Å². The van der Waals surface area contributed by atoms with Crippen molar-refractivity contribution in [2.24, 2.45) is 0 Å². The zero-order chi connectivity index (χ0) is 11.5. The quantitative estimate of drug-likeness (QED) is 0.820. The Morgan fingerprint density at radius 1 is 1.50 bits per heavy atom. The van der Waals surface area contributed by atoms with Gasteiger partial charge in [0.05, 0.1) is 28.0 Å². The summed E-state index contributed by atoms with van der Waals surface area (Å²) >= 11 is 10.0. The maximum Gasteiger partial charge on any atom is 0.0898 e. The van der Waals surface area contributed by atoms with E-state index in [0.717, 1.165) is 25.0 Å². The molecule has 0 saturated carbocycles. The van der Waals surface area contributed by atoms with E-state index in [1.54, 1.807) is 11.3 Å². The number of halogens is 2. The van der Waals surface area contributed by atoms with Gasteiger partial charge in [0.2, 0.25) is 0 Å². The summed E-state index contributed by atoms with van der Waals surface area (Å²) in [7, 11) is 0. The lowest BCUT2D eigenvalue weighted by atomic mass is 10.3. The number of aryl methyl sites for hydroxylation is 1. The number of nitrogens with one attached hydrogen (secondary N) is 1. The van der Waals surface area contributed by atoms with Crippen LogP contribution < -0.4 is 5.32 Å². The second kappa shape index (κ2) is 5.33. The fraction of sp³-hybridized carbons (Fsp3) is 0.182. The smallest absolute Gasteiger partial charge is 0.0898 e. The Morgan fingerprint density at radius 3 is 2.94 bits per heavy atom. The van der Waals surface area contributed by atoms with Crippen LogP contribution in [0.25, 0.3) is 0 Å². The summed E-state index contributed by atoms with van der Waals surface area (Å²) in [6.07, 6.45) is 0. The fourth-order valence-corrected chi connectivity index (χ4v) is 2.84. The Morgan fingerprint density at radius 2 is 2.31 bits per heavy atom. The average molecular weight is 365 g/mol. The first-order valence-electron chi connectivity index (χ1n) is 4.75. The van der Waals surface area contributed by atoms with E-state index in [0.29, 0.717) is 6.54 Å². The summed E-state index contributed by atoms with van der Waals surface area (Å²) in [5.41, 5.74) is 2.00. The van der Waals surface area contributed by atoms with E-state index in [4.69, 9.17) is 11.6 Å². The predicted molar refractivity (Wildman–Crippen MR) is 78.3 cm³/mol. The van der Waals surface area contributed by atoms with E-state index in [1.165, 1.54) is 0 Å². The molecular formula is C11H10ClIN2S. The number of rotatable bonds is 3. The summed E-state index contributed by atoms with van der Waals surface area (Å²) in [6.45, 7) is 2.72. The SMILES string of the molecule is Cc1nc(CNc2ccc(I)cc2Cl)cs1. The van der Waals surface area contributed by atoms with Crippen molar-refractivity contribution in [2.75, 3.05) is 5.32 Å². The van der Waals surface area contributed by atoms with Crippen LogP contribution >= 0.6 is 45.5 Å². The first kappa shape index (κ1) is 12.1. The highest BCUT2D eigenvalue weighted by Gasteiger charge is 2.02. The van der Waals surface area contributed by atoms with Crippen molar-refractivity contribution in [3.8, 4) is 0 Å². The number of hydrogen-bond donors (Lipinski definition) is 1. The topological polar surface area (TPSA) is 24.9 Å². The highest BCUT2D eigenvalue weighted by molar-refractivity contribution is 14.1. The molecule has 1 aromatic heterocycles. The maximum absolute atomic E-state index is 6.12. The number of nitrogens with zero attached hydrogens (tertiary/aromatic N) is 1. The Balaban J connectivity index is 2.04. The average Bonchev–Trinajstić information content (AvgIpc) is 2.63. The third kappa shape index (κ3) is 3.09. The third-order valence-corrected chi connectivity index (χ3v) is 3.86. The van der Waals surface area contributed by atoms with Gasteiger partial charge in [-0.3, -0.25) is 0 Å². The summed E-state index contributed by atoms with van der Waals surface area (Å²) in [5, 5.41) is 7.17. The zero-order valence-corrected chi connectivity index (χ0v) is 12.4. The van der Waals surface area contributed by atoms with Crippen LogP contribution in [0.5, 0.6) is 0 Å². The van der Waals surface area contributed by atoms with E-state index in [9.17, 15) is 0 Å². The molecule has 0 fully saturated rings. The number of hydrogen-bond acceptors (Lipinski definition) is 3. The van der Waals surface area contributed by atoms with Crippen LogP contribution in [-0.2, 0) is 6.54 Å². The number of anilines is 1. The summed E-state index contributed by atoms with van der Waals surface area (Å²) in [5.74, 6) is 0. The summed E-state index contributed by atoms with van der Waals surface area (Å²) in [4.78, 5) is 4.38. The Labute approximate surface area is 117 Å². The van der Waals surface area contributed by atoms with Gasteiger partial charge >= 0.3 is 0 Å². The van der Waals surface area contributed by atoms with Crippen LogP contribution in [0.1, 0.15) is 10.7 Å². The van der Waals surface area contributed by atoms with Gasteiger partial charge in [0.15, 0.2) is 0 Å². The Hall–Kier alpha value is -0.330. The third-order valence-electron chi connectivity index (χ3n) is 2.06. The second-order valence-electron chi connectivity index (χ2n) is 3.34. The van der Waals surface area contributed by atoms with Crippen molar-refractivity contribution in [1.29, 1.82) is 0 Å². The van der Waals surface area contributed by atoms with Crippen LogP contribution in [0, 0.1) is 10.5 Å². The standard InChI is InChI=1S/C11H10ClIN2S/c1-7-15-9(6-16-7)5-14-11-3-2-8(13)4-10(11)12/h2-4,6,14H,5H2,1H3. The summed E-state index contributed by atoms with van der Waals surface area (Å²) in [6, 6.07) is 5.96. The van der Waals surface area contributed by atoms with Gasteiger partial charge in [-0.15, -0.1) is 11.3 Å². The first-order valence-corrected chi connectivity index (χ1v) is 7.09. The minimum Gasteiger partial charge on any atom is -0.378 e. The molecule has 2 nitrogen and oxygen atoms in total. The highest BCUT2D eigenvalue weighted by Crippen LogP contribution is 2.24. The van der Waals surface area contributed by atoms with Crippen LogP contribution in [0.2, 0.25) is 5.02 Å². The molecule has 0 radical (unpaired) electrons. The van der Waals surface area contributed by atoms with Gasteiger partial charge < -0.3 is 5.32 Å². The molecule has 0 unspecified atom stereocenters. The summed E-state index contributed by atoms with van der Waals surface area (Å²) < 4.78 is 1.14. The largest absolute Gasteiger partial charge is 0.378 e. The highest BCUT2D eigenvalue weighted by atomic mass is 127. The van der Waals surface area contributed by atoms with E-state index in [2.05, 4.69) is 38.3 Å². The van der Waals surface area contributed by atoms with Gasteiger partial charge in [0, 0.05) is 8.95 Å². The maximum atomic E-state index is 6.12. The normalized spacial score (nSPS) is 10.4. The molecule has 0 aliphatic heterocycles. The number of thiazole rings is 1. The predicted octanol–water partition coefficient (Wildman–Crippen LogP) is 4.32. The molecule has 1 N–H and O–H groups in total.